The van der Waals surface area contributed by atoms with Crippen LogP contribution in [-0.4, -0.2) is 5.11 Å². The van der Waals surface area contributed by atoms with Crippen LogP contribution in [0.15, 0.2) is 43.0 Å². The summed E-state index contributed by atoms with van der Waals surface area (Å²) in [5, 5.41) is 10.7. The van der Waals surface area contributed by atoms with Crippen molar-refractivity contribution < 1.29 is 5.11 Å². The second kappa shape index (κ2) is 7.03. The highest BCUT2D eigenvalue weighted by Gasteiger charge is 2.34. The highest BCUT2D eigenvalue weighted by atomic mass is 16.3. The molecule has 1 aromatic rings. The number of rotatable bonds is 7. The summed E-state index contributed by atoms with van der Waals surface area (Å²) in [7, 11) is 0. The molecule has 2 atom stereocenters. The summed E-state index contributed by atoms with van der Waals surface area (Å²) < 4.78 is 0. The minimum Gasteiger partial charge on any atom is -0.373 e. The van der Waals surface area contributed by atoms with Crippen molar-refractivity contribution in [3.63, 3.8) is 0 Å². The van der Waals surface area contributed by atoms with Crippen LogP contribution in [0, 0.1) is 18.3 Å². The molecule has 0 heterocycles. The lowest BCUT2D eigenvalue weighted by Crippen LogP contribution is -2.32. The zero-order chi connectivity index (χ0) is 13.4. The monoisotopic (exact) mass is 242 g/mol. The standard InChI is InChI=1S/C17H22O/c1-4-7-9-12-15(5-2)17(18,6-3)16-13-10-8-11-14-16/h3,5,8,10-11,13-15,18H,2,4,7,9,12H2,1H3/t15-,17+/m1/s1. The van der Waals surface area contributed by atoms with Gasteiger partial charge in [-0.1, -0.05) is 68.5 Å². The van der Waals surface area contributed by atoms with E-state index in [1.807, 2.05) is 30.3 Å². The first-order valence-electron chi connectivity index (χ1n) is 6.57. The maximum atomic E-state index is 10.7. The summed E-state index contributed by atoms with van der Waals surface area (Å²) in [6.45, 7) is 5.98. The normalized spacial score (nSPS) is 15.4. The number of benzene rings is 1. The van der Waals surface area contributed by atoms with Crippen molar-refractivity contribution in [1.29, 1.82) is 0 Å². The van der Waals surface area contributed by atoms with Gasteiger partial charge in [-0.3, -0.25) is 0 Å². The molecule has 0 aromatic heterocycles. The third-order valence-electron chi connectivity index (χ3n) is 3.37. The molecule has 0 saturated heterocycles. The predicted molar refractivity (Wildman–Crippen MR) is 77.0 cm³/mol. The molecular formula is C17H22O. The Morgan fingerprint density at radius 2 is 2.06 bits per heavy atom. The summed E-state index contributed by atoms with van der Waals surface area (Å²) in [6, 6.07) is 9.44. The molecular weight excluding hydrogens is 220 g/mol. The number of terminal acetylenes is 1. The molecule has 1 heteroatoms. The lowest BCUT2D eigenvalue weighted by atomic mass is 9.79. The van der Waals surface area contributed by atoms with Crippen LogP contribution in [0.3, 0.4) is 0 Å². The third kappa shape index (κ3) is 3.24. The van der Waals surface area contributed by atoms with Crippen molar-refractivity contribution in [2.45, 2.75) is 38.2 Å². The van der Waals surface area contributed by atoms with Gasteiger partial charge in [-0.2, -0.15) is 0 Å². The Balaban J connectivity index is 2.92. The molecule has 0 unspecified atom stereocenters. The van der Waals surface area contributed by atoms with Crippen molar-refractivity contribution in [1.82, 2.24) is 0 Å². The average Bonchev–Trinajstić information content (AvgIpc) is 2.44. The highest BCUT2D eigenvalue weighted by molar-refractivity contribution is 5.32. The van der Waals surface area contributed by atoms with Gasteiger partial charge in [-0.05, 0) is 12.0 Å². The van der Waals surface area contributed by atoms with E-state index in [1.54, 1.807) is 6.08 Å². The Hall–Kier alpha value is -1.52. The lowest BCUT2D eigenvalue weighted by molar-refractivity contribution is 0.0504. The number of hydrogen-bond donors (Lipinski definition) is 1. The van der Waals surface area contributed by atoms with E-state index in [9.17, 15) is 5.11 Å². The molecule has 0 aliphatic carbocycles. The van der Waals surface area contributed by atoms with Gasteiger partial charge < -0.3 is 5.11 Å². The Labute approximate surface area is 111 Å². The largest absolute Gasteiger partial charge is 0.373 e. The molecule has 0 aliphatic heterocycles. The van der Waals surface area contributed by atoms with Gasteiger partial charge in [0.2, 0.25) is 0 Å². The maximum absolute atomic E-state index is 10.7. The Morgan fingerprint density at radius 1 is 1.39 bits per heavy atom. The van der Waals surface area contributed by atoms with Gasteiger partial charge in [-0.15, -0.1) is 13.0 Å². The molecule has 0 bridgehead atoms. The molecule has 0 saturated carbocycles. The predicted octanol–water partition coefficient (Wildman–Crippen LogP) is 3.89. The molecule has 0 spiro atoms. The van der Waals surface area contributed by atoms with E-state index in [0.717, 1.165) is 31.2 Å². The first kappa shape index (κ1) is 14.5. The number of aliphatic hydroxyl groups is 1. The topological polar surface area (TPSA) is 20.2 Å². The zero-order valence-corrected chi connectivity index (χ0v) is 11.1. The molecule has 1 aromatic carbocycles. The second-order valence-corrected chi connectivity index (χ2v) is 4.61. The lowest BCUT2D eigenvalue weighted by Gasteiger charge is -2.30. The van der Waals surface area contributed by atoms with Gasteiger partial charge in [0.05, 0.1) is 0 Å². The minimum absolute atomic E-state index is 0.101. The molecule has 18 heavy (non-hydrogen) atoms. The SMILES string of the molecule is C#C[C@@](O)(c1ccccc1)[C@H](C=C)CCCCC. The fourth-order valence-electron chi connectivity index (χ4n) is 2.21. The third-order valence-corrected chi connectivity index (χ3v) is 3.37. The Bertz CT molecular complexity index is 401. The van der Waals surface area contributed by atoms with E-state index in [0.29, 0.717) is 0 Å². The fourth-order valence-corrected chi connectivity index (χ4v) is 2.21. The quantitative estimate of drug-likeness (QED) is 0.437. The van der Waals surface area contributed by atoms with Gasteiger partial charge in [0.1, 0.15) is 0 Å². The van der Waals surface area contributed by atoms with Crippen molar-refractivity contribution >= 4 is 0 Å². The summed E-state index contributed by atoms with van der Waals surface area (Å²) in [5.74, 6) is 2.46. The summed E-state index contributed by atoms with van der Waals surface area (Å²) >= 11 is 0. The molecule has 96 valence electrons. The molecule has 1 N–H and O–H groups in total. The number of hydrogen-bond acceptors (Lipinski definition) is 1. The van der Waals surface area contributed by atoms with Crippen LogP contribution in [0.25, 0.3) is 0 Å². The maximum Gasteiger partial charge on any atom is 0.156 e. The van der Waals surface area contributed by atoms with E-state index in [2.05, 4.69) is 19.4 Å². The van der Waals surface area contributed by atoms with Crippen molar-refractivity contribution in [3.05, 3.63) is 48.6 Å². The summed E-state index contributed by atoms with van der Waals surface area (Å²) in [6.07, 6.45) is 11.6. The molecule has 1 rings (SSSR count). The van der Waals surface area contributed by atoms with Crippen molar-refractivity contribution in [2.75, 3.05) is 0 Å². The molecule has 0 aliphatic rings. The van der Waals surface area contributed by atoms with Gasteiger partial charge in [0, 0.05) is 5.92 Å². The van der Waals surface area contributed by atoms with Crippen LogP contribution in [0.4, 0.5) is 0 Å². The van der Waals surface area contributed by atoms with Crippen molar-refractivity contribution in [3.8, 4) is 12.3 Å². The van der Waals surface area contributed by atoms with Crippen LogP contribution in [-0.2, 0) is 5.60 Å². The molecule has 0 fully saturated rings. The van der Waals surface area contributed by atoms with Crippen LogP contribution in [0.5, 0.6) is 0 Å². The molecule has 0 radical (unpaired) electrons. The zero-order valence-electron chi connectivity index (χ0n) is 11.1. The second-order valence-electron chi connectivity index (χ2n) is 4.61. The summed E-state index contributed by atoms with van der Waals surface area (Å²) in [5.41, 5.74) is -0.467. The molecule has 1 nitrogen and oxygen atoms in total. The van der Waals surface area contributed by atoms with Gasteiger partial charge >= 0.3 is 0 Å². The smallest absolute Gasteiger partial charge is 0.156 e. The molecule has 0 amide bonds. The Kier molecular flexibility index (Phi) is 5.68. The van der Waals surface area contributed by atoms with Gasteiger partial charge in [0.25, 0.3) is 0 Å². The van der Waals surface area contributed by atoms with E-state index in [4.69, 9.17) is 6.42 Å². The van der Waals surface area contributed by atoms with Gasteiger partial charge in [-0.25, -0.2) is 0 Å². The first-order chi connectivity index (χ1) is 8.69. The van der Waals surface area contributed by atoms with E-state index < -0.39 is 5.60 Å². The minimum atomic E-state index is -1.24. The Morgan fingerprint density at radius 3 is 2.56 bits per heavy atom. The van der Waals surface area contributed by atoms with Crippen LogP contribution in [0.1, 0.15) is 38.2 Å². The van der Waals surface area contributed by atoms with Gasteiger partial charge in [0.15, 0.2) is 5.60 Å². The number of unbranched alkanes of at least 4 members (excludes halogenated alkanes) is 2. The van der Waals surface area contributed by atoms with Crippen LogP contribution < -0.4 is 0 Å². The van der Waals surface area contributed by atoms with E-state index in [-0.39, 0.29) is 5.92 Å². The highest BCUT2D eigenvalue weighted by Crippen LogP contribution is 2.33. The van der Waals surface area contributed by atoms with E-state index in [1.165, 1.54) is 0 Å². The van der Waals surface area contributed by atoms with Crippen molar-refractivity contribution in [2.24, 2.45) is 5.92 Å². The van der Waals surface area contributed by atoms with Crippen LogP contribution >= 0.6 is 0 Å². The van der Waals surface area contributed by atoms with Crippen LogP contribution in [0.2, 0.25) is 0 Å². The fraction of sp³-hybridized carbons (Fsp3) is 0.412. The summed E-state index contributed by atoms with van der Waals surface area (Å²) in [4.78, 5) is 0. The first-order valence-corrected chi connectivity index (χ1v) is 6.57. The van der Waals surface area contributed by atoms with E-state index >= 15 is 0 Å². The average molecular weight is 242 g/mol.